The standard InChI is InChI=1S/C16H24N2O5S/c1-5-18(6-2)24(22,23)14-9-13(8-7-11(14)3)15(19)17-10-12(4)16(20)21/h7-9,12H,5-6,10H2,1-4H3,(H,17,19)(H,20,21). The molecular formula is C16H24N2O5S. The lowest BCUT2D eigenvalue weighted by molar-refractivity contribution is -0.140. The van der Waals surface area contributed by atoms with Crippen molar-refractivity contribution in [1.82, 2.24) is 9.62 Å². The Morgan fingerprint density at radius 2 is 1.83 bits per heavy atom. The van der Waals surface area contributed by atoms with Crippen LogP contribution in [0.1, 0.15) is 36.7 Å². The Balaban J connectivity index is 3.10. The molecule has 1 unspecified atom stereocenters. The number of rotatable bonds is 8. The number of benzene rings is 1. The van der Waals surface area contributed by atoms with Crippen LogP contribution in [0.5, 0.6) is 0 Å². The lowest BCUT2D eigenvalue weighted by atomic mass is 10.1. The Bertz CT molecular complexity index is 711. The summed E-state index contributed by atoms with van der Waals surface area (Å²) in [5, 5.41) is 11.3. The molecule has 1 rings (SSSR count). The third-order valence-electron chi connectivity index (χ3n) is 3.76. The van der Waals surface area contributed by atoms with E-state index in [0.717, 1.165) is 0 Å². The fourth-order valence-corrected chi connectivity index (χ4v) is 3.87. The fourth-order valence-electron chi connectivity index (χ4n) is 2.16. The highest BCUT2D eigenvalue weighted by Gasteiger charge is 2.24. The minimum atomic E-state index is -3.67. The van der Waals surface area contributed by atoms with Gasteiger partial charge in [-0.2, -0.15) is 4.31 Å². The molecule has 1 atom stereocenters. The first-order valence-electron chi connectivity index (χ1n) is 7.76. The maximum absolute atomic E-state index is 12.7. The monoisotopic (exact) mass is 356 g/mol. The van der Waals surface area contributed by atoms with Crippen LogP contribution in [-0.2, 0) is 14.8 Å². The highest BCUT2D eigenvalue weighted by molar-refractivity contribution is 7.89. The molecule has 0 spiro atoms. The van der Waals surface area contributed by atoms with E-state index < -0.39 is 27.8 Å². The number of nitrogens with zero attached hydrogens (tertiary/aromatic N) is 1. The second kappa shape index (κ2) is 8.25. The summed E-state index contributed by atoms with van der Waals surface area (Å²) in [5.41, 5.74) is 0.737. The Morgan fingerprint density at radius 1 is 1.25 bits per heavy atom. The molecule has 8 heteroatoms. The molecule has 0 aliphatic carbocycles. The van der Waals surface area contributed by atoms with E-state index in [1.54, 1.807) is 26.8 Å². The first kappa shape index (κ1) is 20.1. The zero-order valence-electron chi connectivity index (χ0n) is 14.4. The van der Waals surface area contributed by atoms with Gasteiger partial charge in [-0.25, -0.2) is 8.42 Å². The van der Waals surface area contributed by atoms with Gasteiger partial charge in [-0.3, -0.25) is 9.59 Å². The summed E-state index contributed by atoms with van der Waals surface area (Å²) < 4.78 is 26.6. The van der Waals surface area contributed by atoms with E-state index in [1.165, 1.54) is 23.4 Å². The zero-order valence-corrected chi connectivity index (χ0v) is 15.2. The molecule has 0 saturated heterocycles. The van der Waals surface area contributed by atoms with E-state index in [2.05, 4.69) is 5.32 Å². The molecule has 0 saturated carbocycles. The first-order chi connectivity index (χ1) is 11.1. The lowest BCUT2D eigenvalue weighted by Crippen LogP contribution is -2.33. The van der Waals surface area contributed by atoms with Gasteiger partial charge >= 0.3 is 5.97 Å². The number of hydrogen-bond acceptors (Lipinski definition) is 4. The van der Waals surface area contributed by atoms with E-state index in [1.807, 2.05) is 0 Å². The number of carboxylic acids is 1. The van der Waals surface area contributed by atoms with Gasteiger partial charge in [-0.05, 0) is 24.6 Å². The summed E-state index contributed by atoms with van der Waals surface area (Å²) in [4.78, 5) is 23.0. The van der Waals surface area contributed by atoms with Crippen LogP contribution in [-0.4, -0.2) is 49.3 Å². The summed E-state index contributed by atoms with van der Waals surface area (Å²) in [6.45, 7) is 7.30. The van der Waals surface area contributed by atoms with Crippen molar-refractivity contribution in [2.45, 2.75) is 32.6 Å². The summed E-state index contributed by atoms with van der Waals surface area (Å²) in [6, 6.07) is 4.44. The highest BCUT2D eigenvalue weighted by atomic mass is 32.2. The summed E-state index contributed by atoms with van der Waals surface area (Å²) in [7, 11) is -3.67. The summed E-state index contributed by atoms with van der Waals surface area (Å²) in [6.07, 6.45) is 0. The van der Waals surface area contributed by atoms with Gasteiger partial charge in [0.15, 0.2) is 0 Å². The molecule has 0 aliphatic heterocycles. The SMILES string of the molecule is CCN(CC)S(=O)(=O)c1cc(C(=O)NCC(C)C(=O)O)ccc1C. The van der Waals surface area contributed by atoms with Gasteiger partial charge in [-0.1, -0.05) is 26.8 Å². The van der Waals surface area contributed by atoms with Gasteiger partial charge in [0.05, 0.1) is 10.8 Å². The quantitative estimate of drug-likeness (QED) is 0.734. The minimum Gasteiger partial charge on any atom is -0.481 e. The molecule has 0 radical (unpaired) electrons. The molecule has 0 fully saturated rings. The molecule has 1 aromatic carbocycles. The van der Waals surface area contributed by atoms with Crippen LogP contribution >= 0.6 is 0 Å². The van der Waals surface area contributed by atoms with Crippen LogP contribution in [0.15, 0.2) is 23.1 Å². The average Bonchev–Trinajstić information content (AvgIpc) is 2.53. The van der Waals surface area contributed by atoms with E-state index >= 15 is 0 Å². The number of hydrogen-bond donors (Lipinski definition) is 2. The van der Waals surface area contributed by atoms with Crippen LogP contribution in [0.4, 0.5) is 0 Å². The lowest BCUT2D eigenvalue weighted by Gasteiger charge is -2.20. The Labute approximate surface area is 142 Å². The third kappa shape index (κ3) is 4.55. The topological polar surface area (TPSA) is 104 Å². The van der Waals surface area contributed by atoms with Crippen LogP contribution in [0.3, 0.4) is 0 Å². The number of carbonyl (C=O) groups excluding carboxylic acids is 1. The van der Waals surface area contributed by atoms with Crippen molar-refractivity contribution in [3.05, 3.63) is 29.3 Å². The van der Waals surface area contributed by atoms with Crippen molar-refractivity contribution in [3.8, 4) is 0 Å². The molecule has 0 aliphatic rings. The molecule has 7 nitrogen and oxygen atoms in total. The maximum Gasteiger partial charge on any atom is 0.308 e. The van der Waals surface area contributed by atoms with Crippen LogP contribution in [0, 0.1) is 12.8 Å². The number of sulfonamides is 1. The number of nitrogens with one attached hydrogen (secondary N) is 1. The van der Waals surface area contributed by atoms with E-state index in [4.69, 9.17) is 5.11 Å². The normalized spacial score (nSPS) is 12.9. The van der Waals surface area contributed by atoms with Crippen molar-refractivity contribution in [1.29, 1.82) is 0 Å². The molecule has 0 heterocycles. The highest BCUT2D eigenvalue weighted by Crippen LogP contribution is 2.21. The second-order valence-electron chi connectivity index (χ2n) is 5.52. The van der Waals surface area contributed by atoms with Gasteiger partial charge in [0, 0.05) is 25.2 Å². The largest absolute Gasteiger partial charge is 0.481 e. The van der Waals surface area contributed by atoms with Crippen molar-refractivity contribution >= 4 is 21.9 Å². The van der Waals surface area contributed by atoms with Gasteiger partial charge < -0.3 is 10.4 Å². The molecule has 1 amide bonds. The smallest absolute Gasteiger partial charge is 0.308 e. The zero-order chi connectivity index (χ0) is 18.5. The third-order valence-corrected chi connectivity index (χ3v) is 5.96. The first-order valence-corrected chi connectivity index (χ1v) is 9.20. The average molecular weight is 356 g/mol. The summed E-state index contributed by atoms with van der Waals surface area (Å²) >= 11 is 0. The maximum atomic E-state index is 12.7. The van der Waals surface area contributed by atoms with Gasteiger partial charge in [0.1, 0.15) is 0 Å². The van der Waals surface area contributed by atoms with Crippen molar-refractivity contribution in [3.63, 3.8) is 0 Å². The number of carboxylic acid groups (broad SMARTS) is 1. The van der Waals surface area contributed by atoms with E-state index in [-0.39, 0.29) is 17.0 Å². The second-order valence-corrected chi connectivity index (χ2v) is 7.43. The Hall–Kier alpha value is -1.93. The predicted octanol–water partition coefficient (Wildman–Crippen LogP) is 1.48. The van der Waals surface area contributed by atoms with E-state index in [9.17, 15) is 18.0 Å². The van der Waals surface area contributed by atoms with Crippen LogP contribution in [0.2, 0.25) is 0 Å². The summed E-state index contributed by atoms with van der Waals surface area (Å²) in [5.74, 6) is -2.23. The van der Waals surface area contributed by atoms with E-state index in [0.29, 0.717) is 18.7 Å². The Morgan fingerprint density at radius 3 is 2.33 bits per heavy atom. The predicted molar refractivity (Wildman–Crippen MR) is 90.4 cm³/mol. The fraction of sp³-hybridized carbons (Fsp3) is 0.500. The molecule has 2 N–H and O–H groups in total. The van der Waals surface area contributed by atoms with Crippen molar-refractivity contribution < 1.29 is 23.1 Å². The minimum absolute atomic E-state index is 0.0276. The van der Waals surface area contributed by atoms with Gasteiger partial charge in [0.25, 0.3) is 5.91 Å². The molecule has 24 heavy (non-hydrogen) atoms. The van der Waals surface area contributed by atoms with Crippen LogP contribution in [0.25, 0.3) is 0 Å². The van der Waals surface area contributed by atoms with Gasteiger partial charge in [0.2, 0.25) is 10.0 Å². The number of aryl methyl sites for hydroxylation is 1. The van der Waals surface area contributed by atoms with Gasteiger partial charge in [-0.15, -0.1) is 0 Å². The number of aliphatic carboxylic acids is 1. The molecule has 0 aromatic heterocycles. The molecular weight excluding hydrogens is 332 g/mol. The molecule has 0 bridgehead atoms. The Kier molecular flexibility index (Phi) is 6.92. The van der Waals surface area contributed by atoms with Crippen molar-refractivity contribution in [2.75, 3.05) is 19.6 Å². The molecule has 134 valence electrons. The van der Waals surface area contributed by atoms with Crippen LogP contribution < -0.4 is 5.32 Å². The number of amides is 1. The molecule has 1 aromatic rings. The van der Waals surface area contributed by atoms with Crippen molar-refractivity contribution in [2.24, 2.45) is 5.92 Å². The number of carbonyl (C=O) groups is 2.